The number of fused-ring (bicyclic) bond motifs is 1. The van der Waals surface area contributed by atoms with Crippen LogP contribution >= 0.6 is 0 Å². The van der Waals surface area contributed by atoms with Crippen molar-refractivity contribution in [1.82, 2.24) is 20.9 Å². The van der Waals surface area contributed by atoms with Crippen molar-refractivity contribution in [3.8, 4) is 0 Å². The maximum absolute atomic E-state index is 14.2. The second kappa shape index (κ2) is 21.3. The Bertz CT molecular complexity index is 1930. The van der Waals surface area contributed by atoms with E-state index in [1.54, 1.807) is 29.2 Å². The lowest BCUT2D eigenvalue weighted by molar-refractivity contribution is -0.192. The molecule has 9 N–H and O–H groups in total. The standard InChI is InChI=1S/C39H47N7O6.C2HF3O2/c40-39(41)42-20-10-17-29(35(48)45-31(38(51)52)22-26-13-6-2-7-14-26)44-36(49)33-24-28(21-25-11-4-1-5-12-25)32-19-18-30(37(50)46(32)33)43-34(47)23-27-15-8-3-9-16-27;3-2(4,5)1(6)7/h1-9,11-16,28-33H,10,17-24H2,(H,43,47)(H,44,49)(H,45,48)(H,51,52)(H4,40,41,42);(H,6,7)/t28?,29?,30?,31-,32?,33+;/m1./s1. The predicted octanol–water partition coefficient (Wildman–Crippen LogP) is 2.32. The third-order valence-corrected chi connectivity index (χ3v) is 9.97. The first kappa shape index (κ1) is 45.2. The summed E-state index contributed by atoms with van der Waals surface area (Å²) in [7, 11) is 0. The number of piperidine rings is 1. The number of nitrogens with one attached hydrogen (secondary N) is 3. The molecule has 2 heterocycles. The number of alkyl halides is 3. The zero-order chi connectivity index (χ0) is 43.1. The molecule has 2 saturated heterocycles. The molecule has 59 heavy (non-hydrogen) atoms. The lowest BCUT2D eigenvalue weighted by atomic mass is 9.86. The maximum Gasteiger partial charge on any atom is 0.490 e. The van der Waals surface area contributed by atoms with Gasteiger partial charge in [0, 0.05) is 19.0 Å². The topological polar surface area (TPSA) is 247 Å². The Morgan fingerprint density at radius 2 is 1.37 bits per heavy atom. The van der Waals surface area contributed by atoms with E-state index in [1.165, 1.54) is 0 Å². The van der Waals surface area contributed by atoms with Gasteiger partial charge in [-0.05, 0) is 61.1 Å². The van der Waals surface area contributed by atoms with E-state index in [-0.39, 0.29) is 55.5 Å². The molecule has 18 heteroatoms. The van der Waals surface area contributed by atoms with E-state index in [1.807, 2.05) is 66.7 Å². The van der Waals surface area contributed by atoms with Crippen LogP contribution in [0.4, 0.5) is 13.2 Å². The summed E-state index contributed by atoms with van der Waals surface area (Å²) in [5.41, 5.74) is 13.6. The molecule has 4 amide bonds. The molecule has 0 saturated carbocycles. The normalized spacial score (nSPS) is 19.4. The summed E-state index contributed by atoms with van der Waals surface area (Å²) in [5, 5.41) is 25.4. The first-order chi connectivity index (χ1) is 28.0. The number of carboxylic acids is 2. The number of carboxylic acid groups (broad SMARTS) is 2. The molecule has 0 radical (unpaired) electrons. The number of aliphatic carboxylic acids is 2. The Morgan fingerprint density at radius 1 is 0.814 bits per heavy atom. The molecule has 3 aromatic carbocycles. The van der Waals surface area contributed by atoms with Crippen LogP contribution in [0.5, 0.6) is 0 Å². The van der Waals surface area contributed by atoms with Crippen molar-refractivity contribution < 1.29 is 52.2 Å². The number of carbonyl (C=O) groups excluding carboxylic acids is 4. The number of hydrogen-bond acceptors (Lipinski definition) is 7. The molecule has 2 fully saturated rings. The maximum atomic E-state index is 14.2. The highest BCUT2D eigenvalue weighted by Crippen LogP contribution is 2.39. The molecule has 3 aromatic rings. The zero-order valence-corrected chi connectivity index (χ0v) is 32.0. The van der Waals surface area contributed by atoms with E-state index in [2.05, 4.69) is 20.9 Å². The summed E-state index contributed by atoms with van der Waals surface area (Å²) >= 11 is 0. The van der Waals surface area contributed by atoms with Gasteiger partial charge < -0.3 is 42.5 Å². The van der Waals surface area contributed by atoms with Crippen molar-refractivity contribution in [3.05, 3.63) is 108 Å². The quantitative estimate of drug-likeness (QED) is 0.0631. The van der Waals surface area contributed by atoms with Crippen LogP contribution in [0.3, 0.4) is 0 Å². The van der Waals surface area contributed by atoms with Crippen LogP contribution in [0.2, 0.25) is 0 Å². The van der Waals surface area contributed by atoms with Gasteiger partial charge in [0.25, 0.3) is 0 Å². The van der Waals surface area contributed by atoms with Crippen LogP contribution in [0.1, 0.15) is 48.8 Å². The molecule has 0 spiro atoms. The van der Waals surface area contributed by atoms with Crippen LogP contribution in [-0.4, -0.2) is 99.6 Å². The number of amides is 4. The van der Waals surface area contributed by atoms with E-state index < -0.39 is 54.1 Å². The van der Waals surface area contributed by atoms with Gasteiger partial charge in [-0.25, -0.2) is 9.59 Å². The highest BCUT2D eigenvalue weighted by atomic mass is 19.4. The monoisotopic (exact) mass is 823 g/mol. The molecular weight excluding hydrogens is 775 g/mol. The fourth-order valence-corrected chi connectivity index (χ4v) is 7.24. The summed E-state index contributed by atoms with van der Waals surface area (Å²) in [5.74, 6) is -5.96. The Kier molecular flexibility index (Phi) is 16.4. The molecule has 316 valence electrons. The lowest BCUT2D eigenvalue weighted by Gasteiger charge is -2.39. The summed E-state index contributed by atoms with van der Waals surface area (Å²) in [6.45, 7) is 0.188. The van der Waals surface area contributed by atoms with Crippen molar-refractivity contribution in [1.29, 1.82) is 0 Å². The van der Waals surface area contributed by atoms with E-state index in [0.717, 1.165) is 16.7 Å². The minimum atomic E-state index is -5.08. The van der Waals surface area contributed by atoms with Gasteiger partial charge in [0.05, 0.1) is 6.42 Å². The molecule has 5 rings (SSSR count). The summed E-state index contributed by atoms with van der Waals surface area (Å²) < 4.78 is 31.7. The number of aliphatic imine (C=N–C) groups is 1. The van der Waals surface area contributed by atoms with Crippen molar-refractivity contribution >= 4 is 41.5 Å². The molecule has 15 nitrogen and oxygen atoms in total. The van der Waals surface area contributed by atoms with Gasteiger partial charge in [0.1, 0.15) is 24.2 Å². The van der Waals surface area contributed by atoms with Crippen LogP contribution in [0.25, 0.3) is 0 Å². The highest BCUT2D eigenvalue weighted by molar-refractivity contribution is 5.96. The average Bonchev–Trinajstić information content (AvgIpc) is 3.56. The van der Waals surface area contributed by atoms with Gasteiger partial charge in [0.2, 0.25) is 23.6 Å². The molecule has 4 unspecified atom stereocenters. The van der Waals surface area contributed by atoms with Crippen LogP contribution in [-0.2, 0) is 48.0 Å². The number of halogens is 3. The smallest absolute Gasteiger partial charge is 0.480 e. The Morgan fingerprint density at radius 3 is 1.92 bits per heavy atom. The van der Waals surface area contributed by atoms with Crippen molar-refractivity contribution in [2.75, 3.05) is 6.54 Å². The van der Waals surface area contributed by atoms with Crippen molar-refractivity contribution in [3.63, 3.8) is 0 Å². The molecule has 0 aliphatic carbocycles. The molecule has 2 aliphatic heterocycles. The molecule has 2 aliphatic rings. The average molecular weight is 824 g/mol. The van der Waals surface area contributed by atoms with E-state index in [9.17, 15) is 42.3 Å². The van der Waals surface area contributed by atoms with Crippen molar-refractivity contribution in [2.45, 2.75) is 87.8 Å². The third-order valence-electron chi connectivity index (χ3n) is 9.97. The summed E-state index contributed by atoms with van der Waals surface area (Å²) in [6, 6.07) is 23.7. The van der Waals surface area contributed by atoms with Gasteiger partial charge in [-0.3, -0.25) is 24.2 Å². The predicted molar refractivity (Wildman–Crippen MR) is 209 cm³/mol. The number of nitrogens with two attached hydrogens (primary N) is 2. The van der Waals surface area contributed by atoms with Gasteiger partial charge in [-0.1, -0.05) is 91.0 Å². The second-order valence-electron chi connectivity index (χ2n) is 14.3. The van der Waals surface area contributed by atoms with Crippen LogP contribution < -0.4 is 27.4 Å². The number of rotatable bonds is 16. The summed E-state index contributed by atoms with van der Waals surface area (Å²) in [4.78, 5) is 81.7. The molecule has 6 atom stereocenters. The molecular formula is C41H48F3N7O8. The lowest BCUT2D eigenvalue weighted by Crippen LogP contribution is -2.61. The zero-order valence-electron chi connectivity index (χ0n) is 32.0. The molecule has 0 aromatic heterocycles. The number of carbonyl (C=O) groups is 6. The number of benzene rings is 3. The van der Waals surface area contributed by atoms with Crippen LogP contribution in [0.15, 0.2) is 96.0 Å². The summed E-state index contributed by atoms with van der Waals surface area (Å²) in [6.07, 6.45) is -2.47. The van der Waals surface area contributed by atoms with Crippen molar-refractivity contribution in [2.24, 2.45) is 22.4 Å². The van der Waals surface area contributed by atoms with Gasteiger partial charge >= 0.3 is 18.1 Å². The number of guanidine groups is 1. The van der Waals surface area contributed by atoms with E-state index in [4.69, 9.17) is 21.4 Å². The fraction of sp³-hybridized carbons (Fsp3) is 0.390. The van der Waals surface area contributed by atoms with Gasteiger partial charge in [-0.2, -0.15) is 13.2 Å². The molecule has 0 bridgehead atoms. The minimum Gasteiger partial charge on any atom is -0.480 e. The first-order valence-electron chi connectivity index (χ1n) is 19.0. The van der Waals surface area contributed by atoms with Crippen LogP contribution in [0, 0.1) is 5.92 Å². The first-order valence-corrected chi connectivity index (χ1v) is 19.0. The second-order valence-corrected chi connectivity index (χ2v) is 14.3. The fourth-order valence-electron chi connectivity index (χ4n) is 7.24. The van der Waals surface area contributed by atoms with E-state index >= 15 is 0 Å². The Balaban J connectivity index is 0.00000101. The highest BCUT2D eigenvalue weighted by Gasteiger charge is 2.51. The van der Waals surface area contributed by atoms with Gasteiger partial charge in [-0.15, -0.1) is 0 Å². The Labute approximate surface area is 338 Å². The third kappa shape index (κ3) is 13.9. The SMILES string of the molecule is NC(N)=NCCCC(NC(=O)[C@@H]1CC(Cc2ccccc2)C2CCC(NC(=O)Cc3ccccc3)C(=O)N21)C(=O)N[C@H](Cc1ccccc1)C(=O)O.O=C(O)C(F)(F)F. The minimum absolute atomic E-state index is 0.0422. The van der Waals surface area contributed by atoms with E-state index in [0.29, 0.717) is 32.1 Å². The van der Waals surface area contributed by atoms with Gasteiger partial charge in [0.15, 0.2) is 5.96 Å². The Hall–Kier alpha value is -6.46. The largest absolute Gasteiger partial charge is 0.490 e. The number of hydrogen-bond donors (Lipinski definition) is 7. The number of nitrogens with zero attached hydrogens (tertiary/aromatic N) is 2.